The van der Waals surface area contributed by atoms with Crippen LogP contribution in [-0.4, -0.2) is 102 Å². The Bertz CT molecular complexity index is 2040. The van der Waals surface area contributed by atoms with Crippen LogP contribution >= 0.6 is 0 Å². The van der Waals surface area contributed by atoms with Gasteiger partial charge in [-0.15, -0.1) is 5.10 Å². The smallest absolute Gasteiger partial charge is 0.330 e. The molecule has 4 aromatic heterocycles. The van der Waals surface area contributed by atoms with Crippen molar-refractivity contribution in [1.29, 1.82) is 0 Å². The van der Waals surface area contributed by atoms with E-state index in [4.69, 9.17) is 34.2 Å². The van der Waals surface area contributed by atoms with E-state index in [-0.39, 0.29) is 40.5 Å². The summed E-state index contributed by atoms with van der Waals surface area (Å²) in [5.41, 5.74) is 4.91. The first-order valence-corrected chi connectivity index (χ1v) is 17.6. The van der Waals surface area contributed by atoms with Crippen LogP contribution < -0.4 is 22.5 Å². The summed E-state index contributed by atoms with van der Waals surface area (Å²) < 4.78 is 41.9. The van der Waals surface area contributed by atoms with Crippen LogP contribution in [0.1, 0.15) is 66.1 Å². The zero-order valence-corrected chi connectivity index (χ0v) is 31.3. The zero-order valence-electron chi connectivity index (χ0n) is 31.3. The second-order valence-corrected chi connectivity index (χ2v) is 15.8. The van der Waals surface area contributed by atoms with E-state index in [9.17, 15) is 14.4 Å². The van der Waals surface area contributed by atoms with E-state index in [0.29, 0.717) is 31.9 Å². The summed E-state index contributed by atoms with van der Waals surface area (Å²) in [6.45, 7) is 13.7. The second-order valence-electron chi connectivity index (χ2n) is 15.8. The van der Waals surface area contributed by atoms with Gasteiger partial charge in [-0.3, -0.25) is 28.7 Å². The van der Waals surface area contributed by atoms with Gasteiger partial charge in [0.05, 0.1) is 51.1 Å². The molecule has 8 unspecified atom stereocenters. The summed E-state index contributed by atoms with van der Waals surface area (Å²) in [6.07, 6.45) is 1.27. The van der Waals surface area contributed by atoms with Gasteiger partial charge in [0.25, 0.3) is 11.1 Å². The third-order valence-corrected chi connectivity index (χ3v) is 9.55. The third-order valence-electron chi connectivity index (χ3n) is 9.55. The highest BCUT2D eigenvalue weighted by atomic mass is 16.6. The number of H-pyrrole nitrogens is 2. The molecule has 8 atom stereocenters. The SMILES string of the molecule is COCCOC1C(n2cnc3c(=O)[nH]c(N)nc32)OC(Cn2cc(COC3C(CC(C)(C)C)OC(n4ccc(=O)[nH]c4=O)C3OC)nn2)C1C(C)(C)C. The van der Waals surface area contributed by atoms with E-state index >= 15 is 0 Å². The van der Waals surface area contributed by atoms with Gasteiger partial charge < -0.3 is 34.2 Å². The molecule has 4 aromatic rings. The Morgan fingerprint density at radius 3 is 2.34 bits per heavy atom. The molecule has 0 aliphatic carbocycles. The van der Waals surface area contributed by atoms with Crippen LogP contribution in [-0.2, 0) is 41.6 Å². The minimum atomic E-state index is -0.823. The van der Waals surface area contributed by atoms with Crippen molar-refractivity contribution >= 4 is 17.1 Å². The van der Waals surface area contributed by atoms with Crippen molar-refractivity contribution in [2.24, 2.45) is 16.7 Å². The summed E-state index contributed by atoms with van der Waals surface area (Å²) in [4.78, 5) is 50.5. The van der Waals surface area contributed by atoms with E-state index in [0.717, 1.165) is 0 Å². The maximum atomic E-state index is 12.7. The zero-order chi connectivity index (χ0) is 38.2. The fourth-order valence-electron chi connectivity index (χ4n) is 7.38. The van der Waals surface area contributed by atoms with E-state index in [2.05, 4.69) is 71.8 Å². The van der Waals surface area contributed by atoms with Gasteiger partial charge in [0.15, 0.2) is 23.6 Å². The lowest BCUT2D eigenvalue weighted by atomic mass is 9.75. The lowest BCUT2D eigenvalue weighted by molar-refractivity contribution is -0.0757. The minimum absolute atomic E-state index is 0.0352. The number of ether oxygens (including phenoxy) is 6. The quantitative estimate of drug-likeness (QED) is 0.164. The molecule has 0 aromatic carbocycles. The summed E-state index contributed by atoms with van der Waals surface area (Å²) in [6, 6.07) is 1.27. The van der Waals surface area contributed by atoms with Crippen LogP contribution in [0.2, 0.25) is 0 Å². The molecule has 2 aliphatic heterocycles. The fraction of sp³-hybridized carbons (Fsp3) is 0.676. The molecule has 0 amide bonds. The highest BCUT2D eigenvalue weighted by molar-refractivity contribution is 5.70. The maximum Gasteiger partial charge on any atom is 0.330 e. The van der Waals surface area contributed by atoms with Gasteiger partial charge in [-0.05, 0) is 17.3 Å². The molecule has 53 heavy (non-hydrogen) atoms. The van der Waals surface area contributed by atoms with Crippen molar-refractivity contribution < 1.29 is 28.4 Å². The van der Waals surface area contributed by atoms with Gasteiger partial charge in [0, 0.05) is 32.4 Å². The van der Waals surface area contributed by atoms with Crippen LogP contribution in [0.25, 0.3) is 11.2 Å². The Balaban J connectivity index is 1.23. The molecule has 0 radical (unpaired) electrons. The molecule has 0 spiro atoms. The Hall–Kier alpha value is -4.27. The molecule has 2 saturated heterocycles. The van der Waals surface area contributed by atoms with Crippen molar-refractivity contribution in [2.45, 2.75) is 104 Å². The number of nitrogens with two attached hydrogens (primary N) is 1. The monoisotopic (exact) mass is 742 g/mol. The first kappa shape index (κ1) is 38.5. The molecule has 0 saturated carbocycles. The van der Waals surface area contributed by atoms with Crippen molar-refractivity contribution in [3.63, 3.8) is 0 Å². The molecule has 0 bridgehead atoms. The summed E-state index contributed by atoms with van der Waals surface area (Å²) in [5.74, 6) is -0.193. The topological polar surface area (TPSA) is 231 Å². The Morgan fingerprint density at radius 2 is 1.66 bits per heavy atom. The Labute approximate surface area is 305 Å². The van der Waals surface area contributed by atoms with Crippen LogP contribution in [0.5, 0.6) is 0 Å². The van der Waals surface area contributed by atoms with Crippen molar-refractivity contribution in [3.8, 4) is 0 Å². The highest BCUT2D eigenvalue weighted by Crippen LogP contribution is 2.46. The normalized spacial score (nSPS) is 26.6. The Morgan fingerprint density at radius 1 is 0.925 bits per heavy atom. The van der Waals surface area contributed by atoms with Gasteiger partial charge in [0.1, 0.15) is 24.0 Å². The van der Waals surface area contributed by atoms with Gasteiger partial charge >= 0.3 is 5.69 Å². The van der Waals surface area contributed by atoms with E-state index in [1.165, 1.54) is 30.3 Å². The van der Waals surface area contributed by atoms with Gasteiger partial charge in [-0.2, -0.15) is 4.98 Å². The van der Waals surface area contributed by atoms with E-state index in [1.807, 2.05) is 0 Å². The highest BCUT2D eigenvalue weighted by Gasteiger charge is 2.52. The molecule has 2 aliphatic rings. The first-order chi connectivity index (χ1) is 25.1. The molecular formula is C34H50N10O9. The first-order valence-electron chi connectivity index (χ1n) is 17.6. The predicted molar refractivity (Wildman–Crippen MR) is 190 cm³/mol. The number of hydrogen-bond acceptors (Lipinski definition) is 14. The predicted octanol–water partition coefficient (Wildman–Crippen LogP) is 1.37. The number of aromatic amines is 2. The summed E-state index contributed by atoms with van der Waals surface area (Å²) in [5, 5.41) is 8.81. The maximum absolute atomic E-state index is 12.7. The van der Waals surface area contributed by atoms with Crippen molar-refractivity contribution in [3.05, 3.63) is 61.7 Å². The average Bonchev–Trinajstić information content (AvgIpc) is 3.84. The molecule has 4 N–H and O–H groups in total. The molecule has 290 valence electrons. The standard InChI is InChI=1S/C34H50N10O9/c1-33(2,3)13-19-24(26(49-8)30(52-19)43-10-9-21(45)37-32(43)47)51-16-18-14-42(41-40-18)15-20-22(34(4,5)6)25(50-12-11-48-7)29(53-20)44-17-36-23-27(44)38-31(35)39-28(23)46/h9-10,14,17,19-20,22,24-26,29-30H,11-13,15-16H2,1-8H3,(H,37,45,47)(H3,35,38,39,46). The fourth-order valence-corrected chi connectivity index (χ4v) is 7.38. The van der Waals surface area contributed by atoms with Crippen LogP contribution in [0.4, 0.5) is 5.95 Å². The molecular weight excluding hydrogens is 692 g/mol. The number of rotatable bonds is 13. The van der Waals surface area contributed by atoms with E-state index < -0.39 is 59.8 Å². The van der Waals surface area contributed by atoms with Crippen LogP contribution in [0, 0.1) is 16.7 Å². The largest absolute Gasteiger partial charge is 0.382 e. The number of fused-ring (bicyclic) bond motifs is 1. The second kappa shape index (κ2) is 15.2. The van der Waals surface area contributed by atoms with Crippen LogP contribution in [0.15, 0.2) is 39.2 Å². The Kier molecular flexibility index (Phi) is 11.0. The number of imidazole rings is 1. The van der Waals surface area contributed by atoms with Crippen LogP contribution in [0.3, 0.4) is 0 Å². The molecule has 19 nitrogen and oxygen atoms in total. The molecule has 6 rings (SSSR count). The number of hydrogen-bond donors (Lipinski definition) is 3. The number of aromatic nitrogens is 9. The van der Waals surface area contributed by atoms with Crippen molar-refractivity contribution in [1.82, 2.24) is 44.1 Å². The molecule has 19 heteroatoms. The van der Waals surface area contributed by atoms with Gasteiger partial charge in [0.2, 0.25) is 5.95 Å². The number of methoxy groups -OCH3 is 2. The lowest BCUT2D eigenvalue weighted by Crippen LogP contribution is -2.40. The summed E-state index contributed by atoms with van der Waals surface area (Å²) in [7, 11) is 3.14. The molecule has 6 heterocycles. The number of nitrogens with zero attached hydrogens (tertiary/aromatic N) is 7. The lowest BCUT2D eigenvalue weighted by Gasteiger charge is -2.35. The molecule has 2 fully saturated rings. The van der Waals surface area contributed by atoms with Gasteiger partial charge in [-0.25, -0.2) is 14.5 Å². The van der Waals surface area contributed by atoms with Gasteiger partial charge in [-0.1, -0.05) is 46.8 Å². The minimum Gasteiger partial charge on any atom is -0.382 e. The number of nitrogens with one attached hydrogen (secondary N) is 2. The summed E-state index contributed by atoms with van der Waals surface area (Å²) >= 11 is 0. The third kappa shape index (κ3) is 8.29. The van der Waals surface area contributed by atoms with E-state index in [1.54, 1.807) is 22.6 Å². The average molecular weight is 743 g/mol. The number of nitrogen functional groups attached to an aromatic ring is 1. The van der Waals surface area contributed by atoms with Crippen molar-refractivity contribution in [2.75, 3.05) is 33.2 Å². The number of anilines is 1.